The molecule has 5 nitrogen and oxygen atoms in total. The summed E-state index contributed by atoms with van der Waals surface area (Å²) in [5.74, 6) is -0.423. The van der Waals surface area contributed by atoms with Crippen molar-refractivity contribution >= 4 is 23.2 Å². The van der Waals surface area contributed by atoms with Gasteiger partial charge in [-0.3, -0.25) is 9.59 Å². The lowest BCUT2D eigenvalue weighted by atomic mass is 10.0. The third-order valence-corrected chi connectivity index (χ3v) is 4.36. The lowest BCUT2D eigenvalue weighted by molar-refractivity contribution is -0.118. The molecule has 0 aliphatic rings. The summed E-state index contributed by atoms with van der Waals surface area (Å²) in [7, 11) is 0. The van der Waals surface area contributed by atoms with E-state index in [0.717, 1.165) is 37.0 Å². The molecule has 0 bridgehead atoms. The highest BCUT2D eigenvalue weighted by molar-refractivity contribution is 6.02. The van der Waals surface area contributed by atoms with Gasteiger partial charge in [-0.25, -0.2) is 5.43 Å². The van der Waals surface area contributed by atoms with Crippen LogP contribution in [0.25, 0.3) is 0 Å². The number of hydrogen-bond acceptors (Lipinski definition) is 3. The number of carbonyl (C=O) groups is 2. The van der Waals surface area contributed by atoms with Crippen LogP contribution in [0.5, 0.6) is 0 Å². The molecule has 0 fully saturated rings. The number of hydrazone groups is 1. The predicted molar refractivity (Wildman–Crippen MR) is 114 cm³/mol. The fraction of sp³-hybridized carbons (Fsp3) is 0.348. The second-order valence-electron chi connectivity index (χ2n) is 7.04. The van der Waals surface area contributed by atoms with E-state index in [1.807, 2.05) is 44.2 Å². The molecule has 0 unspecified atom stereocenters. The summed E-state index contributed by atoms with van der Waals surface area (Å²) in [6.07, 6.45) is 4.11. The number of hydrogen-bond donors (Lipinski definition) is 2. The van der Waals surface area contributed by atoms with E-state index in [-0.39, 0.29) is 17.7 Å². The Bertz CT molecular complexity index is 796. The zero-order valence-corrected chi connectivity index (χ0v) is 16.9. The van der Waals surface area contributed by atoms with Crippen LogP contribution >= 0.6 is 0 Å². The van der Waals surface area contributed by atoms with Gasteiger partial charge in [0.25, 0.3) is 5.91 Å². The predicted octanol–water partition coefficient (Wildman–Crippen LogP) is 5.00. The van der Waals surface area contributed by atoms with Gasteiger partial charge in [-0.05, 0) is 42.7 Å². The molecular weight excluding hydrogens is 350 g/mol. The minimum Gasteiger partial charge on any atom is -0.326 e. The van der Waals surface area contributed by atoms with Gasteiger partial charge in [-0.1, -0.05) is 63.9 Å². The molecule has 0 radical (unpaired) electrons. The Balaban J connectivity index is 2.05. The topological polar surface area (TPSA) is 70.6 Å². The molecule has 2 aromatic rings. The Hall–Kier alpha value is -2.95. The molecule has 2 rings (SSSR count). The smallest absolute Gasteiger partial charge is 0.271 e. The van der Waals surface area contributed by atoms with Crippen LogP contribution in [0.2, 0.25) is 0 Å². The van der Waals surface area contributed by atoms with Gasteiger partial charge in [0.2, 0.25) is 5.91 Å². The summed E-state index contributed by atoms with van der Waals surface area (Å²) in [4.78, 5) is 24.2. The Kier molecular flexibility index (Phi) is 8.40. The van der Waals surface area contributed by atoms with E-state index in [1.54, 1.807) is 24.3 Å². The number of nitrogens with one attached hydrogen (secondary N) is 2. The Labute approximate surface area is 167 Å². The molecule has 148 valence electrons. The summed E-state index contributed by atoms with van der Waals surface area (Å²) in [6.45, 7) is 5.83. The molecule has 0 atom stereocenters. The number of benzene rings is 2. The molecular formula is C23H29N3O2. The van der Waals surface area contributed by atoms with Gasteiger partial charge in [0.15, 0.2) is 0 Å². The van der Waals surface area contributed by atoms with Crippen molar-refractivity contribution in [2.75, 3.05) is 5.32 Å². The van der Waals surface area contributed by atoms with Crippen molar-refractivity contribution in [3.05, 3.63) is 65.7 Å². The quantitative estimate of drug-likeness (QED) is 0.366. The molecule has 0 heterocycles. The van der Waals surface area contributed by atoms with Gasteiger partial charge in [-0.15, -0.1) is 0 Å². The maximum absolute atomic E-state index is 12.4. The highest BCUT2D eigenvalue weighted by Crippen LogP contribution is 2.12. The van der Waals surface area contributed by atoms with Crippen LogP contribution < -0.4 is 10.7 Å². The van der Waals surface area contributed by atoms with Crippen molar-refractivity contribution in [1.82, 2.24) is 5.43 Å². The van der Waals surface area contributed by atoms with Crippen molar-refractivity contribution in [2.45, 2.75) is 46.5 Å². The van der Waals surface area contributed by atoms with Crippen molar-refractivity contribution in [3.8, 4) is 0 Å². The van der Waals surface area contributed by atoms with E-state index >= 15 is 0 Å². The normalized spacial score (nSPS) is 11.4. The van der Waals surface area contributed by atoms with E-state index in [4.69, 9.17) is 0 Å². The number of unbranched alkanes of at least 4 members (excludes halogenated alkanes) is 2. The highest BCUT2D eigenvalue weighted by atomic mass is 16.2. The zero-order valence-electron chi connectivity index (χ0n) is 16.9. The van der Waals surface area contributed by atoms with Gasteiger partial charge in [-0.2, -0.15) is 5.10 Å². The third-order valence-electron chi connectivity index (χ3n) is 4.36. The number of amides is 2. The van der Waals surface area contributed by atoms with E-state index in [1.165, 1.54) is 0 Å². The molecule has 0 saturated carbocycles. The largest absolute Gasteiger partial charge is 0.326 e. The molecule has 2 N–H and O–H groups in total. The maximum Gasteiger partial charge on any atom is 0.271 e. The van der Waals surface area contributed by atoms with Crippen molar-refractivity contribution in [1.29, 1.82) is 0 Å². The highest BCUT2D eigenvalue weighted by Gasteiger charge is 2.10. The number of rotatable bonds is 9. The van der Waals surface area contributed by atoms with Gasteiger partial charge in [0.05, 0.1) is 5.71 Å². The Morgan fingerprint density at radius 1 is 0.929 bits per heavy atom. The Morgan fingerprint density at radius 2 is 1.61 bits per heavy atom. The molecule has 0 aromatic heterocycles. The molecule has 2 aromatic carbocycles. The summed E-state index contributed by atoms with van der Waals surface area (Å²) in [5, 5.41) is 7.19. The van der Waals surface area contributed by atoms with E-state index in [2.05, 4.69) is 22.8 Å². The summed E-state index contributed by atoms with van der Waals surface area (Å²) >= 11 is 0. The molecule has 5 heteroatoms. The van der Waals surface area contributed by atoms with Crippen LogP contribution in [-0.4, -0.2) is 17.5 Å². The van der Waals surface area contributed by atoms with Gasteiger partial charge >= 0.3 is 0 Å². The lowest BCUT2D eigenvalue weighted by Gasteiger charge is -2.09. The number of carbonyl (C=O) groups excluding carboxylic acids is 2. The van der Waals surface area contributed by atoms with E-state index in [0.29, 0.717) is 11.3 Å². The van der Waals surface area contributed by atoms with Gasteiger partial charge in [0, 0.05) is 17.2 Å². The van der Waals surface area contributed by atoms with Crippen LogP contribution in [0.1, 0.15) is 62.4 Å². The van der Waals surface area contributed by atoms with E-state index < -0.39 is 0 Å². The first-order valence-electron chi connectivity index (χ1n) is 9.84. The van der Waals surface area contributed by atoms with Crippen LogP contribution in [0.15, 0.2) is 59.7 Å². The second kappa shape index (κ2) is 11.0. The maximum atomic E-state index is 12.4. The SMILES string of the molecule is CCCCCC(=NNC(=O)c1ccc(NC(=O)C(C)C)cc1)c1ccccc1. The molecule has 0 spiro atoms. The molecule has 2 amide bonds. The first-order valence-corrected chi connectivity index (χ1v) is 9.84. The Morgan fingerprint density at radius 3 is 2.21 bits per heavy atom. The minimum absolute atomic E-state index is 0.0543. The molecule has 0 saturated heterocycles. The first-order chi connectivity index (χ1) is 13.5. The standard InChI is InChI=1S/C23H29N3O2/c1-4-5-7-12-21(18-10-8-6-9-11-18)25-26-23(28)19-13-15-20(16-14-19)24-22(27)17(2)3/h6,8-11,13-17H,4-5,7,12H2,1-3H3,(H,24,27)(H,26,28). The van der Waals surface area contributed by atoms with Crippen LogP contribution in [-0.2, 0) is 4.79 Å². The fourth-order valence-corrected chi connectivity index (χ4v) is 2.61. The van der Waals surface area contributed by atoms with Crippen molar-refractivity contribution < 1.29 is 9.59 Å². The minimum atomic E-state index is -0.273. The van der Waals surface area contributed by atoms with Gasteiger partial charge < -0.3 is 5.32 Å². The zero-order chi connectivity index (χ0) is 20.4. The van der Waals surface area contributed by atoms with E-state index in [9.17, 15) is 9.59 Å². The van der Waals surface area contributed by atoms with Crippen LogP contribution in [0.3, 0.4) is 0 Å². The first kappa shape index (κ1) is 21.4. The third kappa shape index (κ3) is 6.65. The average molecular weight is 380 g/mol. The monoisotopic (exact) mass is 379 g/mol. The van der Waals surface area contributed by atoms with Crippen molar-refractivity contribution in [3.63, 3.8) is 0 Å². The van der Waals surface area contributed by atoms with Gasteiger partial charge in [0.1, 0.15) is 0 Å². The number of nitrogens with zero attached hydrogens (tertiary/aromatic N) is 1. The van der Waals surface area contributed by atoms with Crippen molar-refractivity contribution in [2.24, 2.45) is 11.0 Å². The summed E-state index contributed by atoms with van der Waals surface area (Å²) in [6, 6.07) is 16.7. The molecule has 0 aliphatic heterocycles. The second-order valence-corrected chi connectivity index (χ2v) is 7.04. The molecule has 28 heavy (non-hydrogen) atoms. The summed E-state index contributed by atoms with van der Waals surface area (Å²) < 4.78 is 0. The molecule has 0 aliphatic carbocycles. The summed E-state index contributed by atoms with van der Waals surface area (Å²) in [5.41, 5.74) is 5.72. The van der Waals surface area contributed by atoms with Crippen LogP contribution in [0, 0.1) is 5.92 Å². The lowest BCUT2D eigenvalue weighted by Crippen LogP contribution is -2.20. The fourth-order valence-electron chi connectivity index (χ4n) is 2.61. The average Bonchev–Trinajstić information content (AvgIpc) is 2.71. The number of anilines is 1. The van der Waals surface area contributed by atoms with Crippen LogP contribution in [0.4, 0.5) is 5.69 Å².